The molecule has 0 aromatic heterocycles. The van der Waals surface area contributed by atoms with Gasteiger partial charge in [0.1, 0.15) is 0 Å². The summed E-state index contributed by atoms with van der Waals surface area (Å²) in [4.78, 5) is 3.82. The third-order valence-electron chi connectivity index (χ3n) is 0.507. The van der Waals surface area contributed by atoms with Gasteiger partial charge in [0.25, 0.3) is 12.6 Å². The molecule has 0 N–H and O–H groups in total. The van der Waals surface area contributed by atoms with Crippen molar-refractivity contribution in [3.8, 4) is 6.07 Å². The van der Waals surface area contributed by atoms with Crippen LogP contribution in [0.15, 0.2) is 12.2 Å². The van der Waals surface area contributed by atoms with E-state index < -0.39 is 0 Å². The van der Waals surface area contributed by atoms with Gasteiger partial charge in [-0.1, -0.05) is 11.4 Å². The van der Waals surface area contributed by atoms with Crippen LogP contribution in [0.5, 0.6) is 0 Å². The smallest absolute Gasteiger partial charge is 0.0926 e. The largest absolute Gasteiger partial charge is 0.284 e. The van der Waals surface area contributed by atoms with Gasteiger partial charge in [-0.2, -0.15) is 0 Å². The van der Waals surface area contributed by atoms with Crippen LogP contribution in [0.3, 0.4) is 0 Å². The minimum atomic E-state index is 0.719. The van der Waals surface area contributed by atoms with Crippen molar-refractivity contribution >= 4 is 0 Å². The van der Waals surface area contributed by atoms with E-state index in [1.165, 1.54) is 0 Å². The second-order valence-corrected chi connectivity index (χ2v) is 1.50. The molecule has 1 nitrogen and oxygen atoms in total. The van der Waals surface area contributed by atoms with E-state index in [-0.39, 0.29) is 0 Å². The van der Waals surface area contributed by atoms with E-state index in [0.29, 0.717) is 0 Å². The Hall–Kier alpha value is -0.770. The third-order valence-corrected chi connectivity index (χ3v) is 0.507. The Kier molecular flexibility index (Phi) is 3.04. The van der Waals surface area contributed by atoms with Crippen LogP contribution < -0.4 is 0 Å². The average Bonchev–Trinajstić information content (AvgIpc) is 1.61. The van der Waals surface area contributed by atoms with Crippen LogP contribution in [-0.2, 0) is 0 Å². The van der Waals surface area contributed by atoms with Gasteiger partial charge >= 0.3 is 0 Å². The van der Waals surface area contributed by atoms with Crippen molar-refractivity contribution < 1.29 is 0 Å². The van der Waals surface area contributed by atoms with Gasteiger partial charge in [0.15, 0.2) is 0 Å². The van der Waals surface area contributed by atoms with Crippen LogP contribution in [0.1, 0.15) is 13.8 Å². The highest BCUT2D eigenvalue weighted by Gasteiger charge is 1.85. The van der Waals surface area contributed by atoms with Gasteiger partial charge in [-0.3, -0.25) is 0 Å². The minimum absolute atomic E-state index is 0.719. The molecule has 7 heavy (non-hydrogen) atoms. The Morgan fingerprint density at radius 3 is 2.57 bits per heavy atom. The molecule has 0 heterocycles. The van der Waals surface area contributed by atoms with Crippen molar-refractivity contribution in [3.05, 3.63) is 17.0 Å². The van der Waals surface area contributed by atoms with Gasteiger partial charge in [-0.15, -0.1) is 0 Å². The van der Waals surface area contributed by atoms with E-state index >= 15 is 0 Å². The summed E-state index contributed by atoms with van der Waals surface area (Å²) in [6.07, 6.45) is 0. The molecule has 0 unspecified atom stereocenters. The second-order valence-electron chi connectivity index (χ2n) is 1.50. The molecule has 0 saturated heterocycles. The molecule has 0 rings (SSSR count). The molecule has 0 saturated carbocycles. The van der Waals surface area contributed by atoms with Crippen LogP contribution in [0.2, 0.25) is 0 Å². The molecule has 0 aliphatic heterocycles. The van der Waals surface area contributed by atoms with Crippen molar-refractivity contribution in [3.63, 3.8) is 0 Å². The monoisotopic (exact) mass is 96.1 g/mol. The zero-order valence-corrected chi connectivity index (χ0v) is 4.86. The predicted octanol–water partition coefficient (Wildman–Crippen LogP) is 1.92. The first kappa shape index (κ1) is 6.23. The highest BCUT2D eigenvalue weighted by molar-refractivity contribution is 4.99. The fourth-order valence-corrected chi connectivity index (χ4v) is 0.214. The first-order valence-electron chi connectivity index (χ1n) is 2.25. The summed E-state index contributed by atoms with van der Waals surface area (Å²) in [5, 5.41) is 0. The summed E-state index contributed by atoms with van der Waals surface area (Å²) < 4.78 is 0. The van der Waals surface area contributed by atoms with Crippen molar-refractivity contribution in [2.75, 3.05) is 6.54 Å². The highest BCUT2D eigenvalue weighted by Crippen LogP contribution is 1.84. The summed E-state index contributed by atoms with van der Waals surface area (Å²) in [7, 11) is 0. The molecule has 0 fully saturated rings. The van der Waals surface area contributed by atoms with Crippen LogP contribution in [0, 0.1) is 6.07 Å². The van der Waals surface area contributed by atoms with E-state index in [9.17, 15) is 0 Å². The van der Waals surface area contributed by atoms with Gasteiger partial charge < -0.3 is 0 Å². The minimum Gasteiger partial charge on any atom is -0.0926 e. The fourth-order valence-electron chi connectivity index (χ4n) is 0.214. The Balaban J connectivity index is 3.26. The van der Waals surface area contributed by atoms with E-state index in [1.54, 1.807) is 6.92 Å². The zero-order chi connectivity index (χ0) is 5.70. The van der Waals surface area contributed by atoms with E-state index in [1.807, 2.05) is 6.92 Å². The summed E-state index contributed by atoms with van der Waals surface area (Å²) in [5.74, 6) is 0. The molecule has 1 heteroatoms. The zero-order valence-electron chi connectivity index (χ0n) is 4.86. The van der Waals surface area contributed by atoms with E-state index in [2.05, 4.69) is 17.5 Å². The topological polar surface area (TPSA) is 4.36 Å². The van der Waals surface area contributed by atoms with Crippen molar-refractivity contribution in [1.82, 2.24) is 0 Å². The maximum atomic E-state index is 3.82. The number of rotatable bonds is 1. The molecule has 0 aromatic carbocycles. The number of hydrogen-bond acceptors (Lipinski definition) is 0. The van der Waals surface area contributed by atoms with Gasteiger partial charge in [0.05, 0.1) is 6.92 Å². The van der Waals surface area contributed by atoms with E-state index in [0.717, 1.165) is 12.1 Å². The lowest BCUT2D eigenvalue weighted by molar-refractivity contribution is 1.32. The van der Waals surface area contributed by atoms with Crippen LogP contribution in [0.4, 0.5) is 0 Å². The summed E-state index contributed by atoms with van der Waals surface area (Å²) >= 11 is 0. The quantitative estimate of drug-likeness (QED) is 0.439. The molecule has 0 aromatic rings. The molecule has 0 aliphatic carbocycles. The molecule has 0 radical (unpaired) electrons. The van der Waals surface area contributed by atoms with Crippen LogP contribution >= 0.6 is 0 Å². The predicted molar refractivity (Wildman–Crippen MR) is 32.6 cm³/mol. The Morgan fingerprint density at radius 1 is 1.86 bits per heavy atom. The molecular formula is C6H10N+. The molecule has 38 valence electrons. The fraction of sp³-hybridized carbons (Fsp3) is 0.500. The standard InChI is InChI=1S/C6H10N/c1-4-7-5-6(2)3/h2,5H2,1,3H3/q+1. The Labute approximate surface area is 44.5 Å². The van der Waals surface area contributed by atoms with Crippen molar-refractivity contribution in [1.29, 1.82) is 0 Å². The molecule has 0 atom stereocenters. The average molecular weight is 96.2 g/mol. The lowest BCUT2D eigenvalue weighted by Gasteiger charge is -1.70. The van der Waals surface area contributed by atoms with E-state index in [4.69, 9.17) is 0 Å². The van der Waals surface area contributed by atoms with Gasteiger partial charge in [-0.05, 0) is 6.92 Å². The molecule has 0 aliphatic rings. The second kappa shape index (κ2) is 3.42. The van der Waals surface area contributed by atoms with Crippen molar-refractivity contribution in [2.45, 2.75) is 13.8 Å². The van der Waals surface area contributed by atoms with Gasteiger partial charge in [0, 0.05) is 5.57 Å². The molecular weight excluding hydrogens is 86.1 g/mol. The molecule has 0 spiro atoms. The number of hydrogen-bond donors (Lipinski definition) is 0. The lowest BCUT2D eigenvalue weighted by Crippen LogP contribution is -1.72. The van der Waals surface area contributed by atoms with Crippen LogP contribution in [-0.4, -0.2) is 6.54 Å². The maximum Gasteiger partial charge on any atom is 0.284 e. The third kappa shape index (κ3) is 5.23. The SMILES string of the molecule is C=C(C)C[N+]#CC. The van der Waals surface area contributed by atoms with Crippen molar-refractivity contribution in [2.24, 2.45) is 0 Å². The summed E-state index contributed by atoms with van der Waals surface area (Å²) in [6.45, 7) is 8.10. The maximum absolute atomic E-state index is 3.82. The Bertz CT molecular complexity index is 114. The first-order valence-corrected chi connectivity index (χ1v) is 2.25. The summed E-state index contributed by atoms with van der Waals surface area (Å²) in [5.41, 5.74) is 1.08. The van der Waals surface area contributed by atoms with Crippen LogP contribution in [0.25, 0.3) is 4.85 Å². The normalized spacial score (nSPS) is 6.57. The molecule has 0 amide bonds. The van der Waals surface area contributed by atoms with Gasteiger partial charge in [-0.25, -0.2) is 0 Å². The lowest BCUT2D eigenvalue weighted by atomic mass is 10.4. The highest BCUT2D eigenvalue weighted by atomic mass is 14.6. The van der Waals surface area contributed by atoms with Gasteiger partial charge in [0.2, 0.25) is 0 Å². The summed E-state index contributed by atoms with van der Waals surface area (Å²) in [6, 6.07) is 2.66. The molecule has 0 bridgehead atoms. The Morgan fingerprint density at radius 2 is 2.43 bits per heavy atom. The first-order chi connectivity index (χ1) is 3.27. The number of nitrogens with zero attached hydrogens (tertiary/aromatic N) is 1.